The predicted octanol–water partition coefficient (Wildman–Crippen LogP) is 1.75. The van der Waals surface area contributed by atoms with Gasteiger partial charge in [-0.15, -0.1) is 0 Å². The second-order valence-corrected chi connectivity index (χ2v) is 4.61. The van der Waals surface area contributed by atoms with Crippen LogP contribution in [-0.4, -0.2) is 26.1 Å². The monoisotopic (exact) mass is 275 g/mol. The van der Waals surface area contributed by atoms with Crippen LogP contribution in [0, 0.1) is 0 Å². The van der Waals surface area contributed by atoms with Crippen LogP contribution < -0.4 is 10.1 Å². The molecule has 2 rings (SSSR count). The van der Waals surface area contributed by atoms with Gasteiger partial charge in [0.15, 0.2) is 0 Å². The lowest BCUT2D eigenvalue weighted by molar-refractivity contribution is -0.136. The van der Waals surface area contributed by atoms with E-state index in [1.807, 2.05) is 24.3 Å². The van der Waals surface area contributed by atoms with Gasteiger partial charge in [0.2, 0.25) is 5.91 Å². The van der Waals surface area contributed by atoms with Crippen molar-refractivity contribution >= 4 is 11.9 Å². The largest absolute Gasteiger partial charge is 0.497 e. The van der Waals surface area contributed by atoms with Crippen molar-refractivity contribution in [1.29, 1.82) is 0 Å². The van der Waals surface area contributed by atoms with E-state index in [2.05, 4.69) is 5.32 Å². The van der Waals surface area contributed by atoms with Gasteiger partial charge in [0.25, 0.3) is 0 Å². The number of allylic oxidation sites excluding steroid dienone is 1. The Bertz CT molecular complexity index is 577. The van der Waals surface area contributed by atoms with Crippen LogP contribution in [0.2, 0.25) is 0 Å². The van der Waals surface area contributed by atoms with Crippen LogP contribution in [0.3, 0.4) is 0 Å². The zero-order valence-electron chi connectivity index (χ0n) is 11.7. The summed E-state index contributed by atoms with van der Waals surface area (Å²) in [6, 6.07) is 7.37. The van der Waals surface area contributed by atoms with Crippen molar-refractivity contribution in [3.63, 3.8) is 0 Å². The third kappa shape index (κ3) is 2.66. The Kier molecular flexibility index (Phi) is 4.08. The Morgan fingerprint density at radius 1 is 1.35 bits per heavy atom. The summed E-state index contributed by atoms with van der Waals surface area (Å²) >= 11 is 0. The maximum absolute atomic E-state index is 12.0. The van der Waals surface area contributed by atoms with Crippen molar-refractivity contribution < 1.29 is 19.1 Å². The Balaban J connectivity index is 2.48. The van der Waals surface area contributed by atoms with Crippen molar-refractivity contribution in [2.24, 2.45) is 0 Å². The molecule has 0 saturated heterocycles. The van der Waals surface area contributed by atoms with Gasteiger partial charge in [0.05, 0.1) is 19.8 Å². The van der Waals surface area contributed by atoms with Gasteiger partial charge in [0.1, 0.15) is 5.75 Å². The van der Waals surface area contributed by atoms with Crippen LogP contribution in [0.5, 0.6) is 5.75 Å². The van der Waals surface area contributed by atoms with Gasteiger partial charge in [0, 0.05) is 18.0 Å². The summed E-state index contributed by atoms with van der Waals surface area (Å²) in [5.41, 5.74) is 1.89. The highest BCUT2D eigenvalue weighted by atomic mass is 16.5. The molecule has 0 unspecified atom stereocenters. The highest BCUT2D eigenvalue weighted by Gasteiger charge is 2.32. The summed E-state index contributed by atoms with van der Waals surface area (Å²) in [6.45, 7) is 1.70. The summed E-state index contributed by atoms with van der Waals surface area (Å²) in [5.74, 6) is -0.153. The number of esters is 1. The van der Waals surface area contributed by atoms with Crippen molar-refractivity contribution in [1.82, 2.24) is 5.32 Å². The minimum Gasteiger partial charge on any atom is -0.497 e. The van der Waals surface area contributed by atoms with Gasteiger partial charge in [-0.1, -0.05) is 12.1 Å². The van der Waals surface area contributed by atoms with E-state index in [-0.39, 0.29) is 18.2 Å². The van der Waals surface area contributed by atoms with Gasteiger partial charge >= 0.3 is 5.97 Å². The molecule has 1 heterocycles. The van der Waals surface area contributed by atoms with E-state index >= 15 is 0 Å². The van der Waals surface area contributed by atoms with E-state index in [0.717, 1.165) is 5.56 Å². The molecule has 1 aliphatic heterocycles. The number of methoxy groups -OCH3 is 2. The Labute approximate surface area is 117 Å². The van der Waals surface area contributed by atoms with E-state index in [9.17, 15) is 9.59 Å². The molecule has 1 aromatic carbocycles. The van der Waals surface area contributed by atoms with Gasteiger partial charge in [-0.05, 0) is 24.6 Å². The first kappa shape index (κ1) is 14.1. The number of carbonyl (C=O) groups excluding carboxylic acids is 2. The molecule has 1 amide bonds. The fourth-order valence-electron chi connectivity index (χ4n) is 2.42. The molecule has 0 aromatic heterocycles. The average Bonchev–Trinajstić information content (AvgIpc) is 2.45. The SMILES string of the molecule is COC(=O)C1=C(C)NC(=O)C[C@H]1c1cccc(OC)c1. The lowest BCUT2D eigenvalue weighted by atomic mass is 9.84. The molecule has 20 heavy (non-hydrogen) atoms. The first-order chi connectivity index (χ1) is 9.56. The topological polar surface area (TPSA) is 64.6 Å². The maximum Gasteiger partial charge on any atom is 0.336 e. The lowest BCUT2D eigenvalue weighted by Crippen LogP contribution is -2.34. The smallest absolute Gasteiger partial charge is 0.336 e. The van der Waals surface area contributed by atoms with E-state index in [1.165, 1.54) is 7.11 Å². The Morgan fingerprint density at radius 2 is 2.10 bits per heavy atom. The Hall–Kier alpha value is -2.30. The predicted molar refractivity (Wildman–Crippen MR) is 73.2 cm³/mol. The minimum absolute atomic E-state index is 0.108. The van der Waals surface area contributed by atoms with Gasteiger partial charge in [-0.25, -0.2) is 4.79 Å². The van der Waals surface area contributed by atoms with Crippen LogP contribution in [0.4, 0.5) is 0 Å². The highest BCUT2D eigenvalue weighted by molar-refractivity contribution is 5.95. The number of nitrogens with one attached hydrogen (secondary N) is 1. The van der Waals surface area contributed by atoms with E-state index < -0.39 is 5.97 Å². The molecular formula is C15H17NO4. The van der Waals surface area contributed by atoms with Crippen LogP contribution in [0.1, 0.15) is 24.8 Å². The zero-order chi connectivity index (χ0) is 14.7. The summed E-state index contributed by atoms with van der Waals surface area (Å²) in [5, 5.41) is 2.68. The first-order valence-electron chi connectivity index (χ1n) is 6.29. The summed E-state index contributed by atoms with van der Waals surface area (Å²) in [6.07, 6.45) is 0.217. The van der Waals surface area contributed by atoms with Crippen molar-refractivity contribution in [2.75, 3.05) is 14.2 Å². The molecule has 1 aliphatic rings. The van der Waals surface area contributed by atoms with Crippen LogP contribution in [-0.2, 0) is 14.3 Å². The maximum atomic E-state index is 12.0. The first-order valence-corrected chi connectivity index (χ1v) is 6.29. The normalized spacial score (nSPS) is 18.6. The highest BCUT2D eigenvalue weighted by Crippen LogP contribution is 2.34. The van der Waals surface area contributed by atoms with Gasteiger partial charge < -0.3 is 14.8 Å². The second kappa shape index (κ2) is 5.77. The number of benzene rings is 1. The van der Waals surface area contributed by atoms with E-state index in [1.54, 1.807) is 14.0 Å². The molecule has 0 radical (unpaired) electrons. The number of ether oxygens (including phenoxy) is 2. The molecule has 0 saturated carbocycles. The molecule has 0 bridgehead atoms. The fourth-order valence-corrected chi connectivity index (χ4v) is 2.42. The third-order valence-electron chi connectivity index (χ3n) is 3.37. The average molecular weight is 275 g/mol. The molecule has 5 nitrogen and oxygen atoms in total. The summed E-state index contributed by atoms with van der Waals surface area (Å²) < 4.78 is 10.0. The third-order valence-corrected chi connectivity index (χ3v) is 3.37. The molecule has 106 valence electrons. The van der Waals surface area contributed by atoms with Crippen molar-refractivity contribution in [3.05, 3.63) is 41.1 Å². The summed E-state index contributed by atoms with van der Waals surface area (Å²) in [7, 11) is 2.91. The van der Waals surface area contributed by atoms with E-state index in [4.69, 9.17) is 9.47 Å². The molecule has 0 fully saturated rings. The van der Waals surface area contributed by atoms with E-state index in [0.29, 0.717) is 17.0 Å². The minimum atomic E-state index is -0.421. The standard InChI is InChI=1S/C15H17NO4/c1-9-14(15(18)20-3)12(8-13(17)16-9)10-5-4-6-11(7-10)19-2/h4-7,12H,8H2,1-3H3,(H,16,17)/t12-/m0/s1. The molecular weight excluding hydrogens is 258 g/mol. The fraction of sp³-hybridized carbons (Fsp3) is 0.333. The number of hydrogen-bond acceptors (Lipinski definition) is 4. The zero-order valence-corrected chi connectivity index (χ0v) is 11.7. The quantitative estimate of drug-likeness (QED) is 0.853. The molecule has 1 N–H and O–H groups in total. The van der Waals surface area contributed by atoms with Crippen molar-refractivity contribution in [3.8, 4) is 5.75 Å². The molecule has 0 aliphatic carbocycles. The molecule has 1 aromatic rings. The van der Waals surface area contributed by atoms with Crippen LogP contribution in [0.25, 0.3) is 0 Å². The lowest BCUT2D eigenvalue weighted by Gasteiger charge is -2.26. The number of amides is 1. The second-order valence-electron chi connectivity index (χ2n) is 4.61. The van der Waals surface area contributed by atoms with Gasteiger partial charge in [-0.3, -0.25) is 4.79 Å². The van der Waals surface area contributed by atoms with Crippen LogP contribution >= 0.6 is 0 Å². The number of rotatable bonds is 3. The Morgan fingerprint density at radius 3 is 2.75 bits per heavy atom. The van der Waals surface area contributed by atoms with Gasteiger partial charge in [-0.2, -0.15) is 0 Å². The number of hydrogen-bond donors (Lipinski definition) is 1. The van der Waals surface area contributed by atoms with Crippen molar-refractivity contribution in [2.45, 2.75) is 19.3 Å². The molecule has 5 heteroatoms. The summed E-state index contributed by atoms with van der Waals surface area (Å²) in [4.78, 5) is 23.7. The van der Waals surface area contributed by atoms with Crippen LogP contribution in [0.15, 0.2) is 35.5 Å². The molecule has 0 spiro atoms. The molecule has 1 atom stereocenters. The number of carbonyl (C=O) groups is 2.